The van der Waals surface area contributed by atoms with E-state index in [-0.39, 0.29) is 5.82 Å². The Morgan fingerprint density at radius 1 is 0.500 bits per heavy atom. The van der Waals surface area contributed by atoms with Crippen LogP contribution in [0.5, 0.6) is 0 Å². The third kappa shape index (κ3) is 3.01. The molecule has 196 valence electrons. The highest BCUT2D eigenvalue weighted by atomic mass is 19.1. The van der Waals surface area contributed by atoms with Gasteiger partial charge < -0.3 is 0 Å². The molecule has 3 nitrogen and oxygen atoms in total. The van der Waals surface area contributed by atoms with Gasteiger partial charge in [0, 0.05) is 23.3 Å². The summed E-state index contributed by atoms with van der Waals surface area (Å²) < 4.78 is 13.8. The first-order valence-corrected chi connectivity index (χ1v) is 14.1. The van der Waals surface area contributed by atoms with E-state index in [9.17, 15) is 4.39 Å². The summed E-state index contributed by atoms with van der Waals surface area (Å²) in [5.74, 6) is -0.248. The Morgan fingerprint density at radius 3 is 1.93 bits per heavy atom. The van der Waals surface area contributed by atoms with Crippen LogP contribution in [0.15, 0.2) is 134 Å². The Morgan fingerprint density at radius 2 is 1.14 bits per heavy atom. The molecule has 0 N–H and O–H groups in total. The number of benzene rings is 4. The largest absolute Gasteiger partial charge is 0.254 e. The first-order valence-electron chi connectivity index (χ1n) is 14.1. The molecule has 0 radical (unpaired) electrons. The highest BCUT2D eigenvalue weighted by molar-refractivity contribution is 5.98. The number of fused-ring (bicyclic) bond motifs is 11. The molecule has 2 aliphatic rings. The van der Waals surface area contributed by atoms with E-state index in [0.29, 0.717) is 0 Å². The highest BCUT2D eigenvalue weighted by Crippen LogP contribution is 2.62. The topological polar surface area (TPSA) is 38.7 Å². The molecule has 0 fully saturated rings. The predicted octanol–water partition coefficient (Wildman–Crippen LogP) is 8.84. The summed E-state index contributed by atoms with van der Waals surface area (Å²) in [7, 11) is 0. The SMILES string of the molecule is Fc1ccc(-c2cc(-c3ccc4c(c3)C3(c5ccccc5-4)c4cccnc4-c4ncccc43)nc3ccccc23)cc1. The minimum absolute atomic E-state index is 0.248. The molecule has 0 saturated carbocycles. The molecule has 0 unspecified atom stereocenters. The van der Waals surface area contributed by atoms with Crippen molar-refractivity contribution in [3.63, 3.8) is 0 Å². The van der Waals surface area contributed by atoms with Gasteiger partial charge in [-0.3, -0.25) is 9.97 Å². The maximum Gasteiger partial charge on any atom is 0.123 e. The monoisotopic (exact) mass is 539 g/mol. The highest BCUT2D eigenvalue weighted by Gasteiger charge is 2.52. The van der Waals surface area contributed by atoms with Crippen LogP contribution in [0.2, 0.25) is 0 Å². The number of hydrogen-bond donors (Lipinski definition) is 0. The van der Waals surface area contributed by atoms with E-state index >= 15 is 0 Å². The Bertz CT molecular complexity index is 2150. The molecule has 3 heterocycles. The van der Waals surface area contributed by atoms with Crippen molar-refractivity contribution >= 4 is 10.9 Å². The summed E-state index contributed by atoms with van der Waals surface area (Å²) >= 11 is 0. The minimum atomic E-state index is -0.522. The number of hydrogen-bond acceptors (Lipinski definition) is 3. The van der Waals surface area contributed by atoms with Crippen molar-refractivity contribution in [2.24, 2.45) is 0 Å². The van der Waals surface area contributed by atoms with Crippen molar-refractivity contribution in [1.82, 2.24) is 15.0 Å². The second-order valence-corrected chi connectivity index (χ2v) is 10.9. The number of halogens is 1. The van der Waals surface area contributed by atoms with Gasteiger partial charge in [-0.1, -0.05) is 78.9 Å². The van der Waals surface area contributed by atoms with Crippen LogP contribution in [0, 0.1) is 5.82 Å². The third-order valence-electron chi connectivity index (χ3n) is 8.86. The van der Waals surface area contributed by atoms with Gasteiger partial charge in [0.15, 0.2) is 0 Å². The fraction of sp³-hybridized carbons (Fsp3) is 0.0263. The fourth-order valence-corrected chi connectivity index (χ4v) is 7.15. The normalized spacial score (nSPS) is 13.5. The number of rotatable bonds is 2. The maximum absolute atomic E-state index is 13.8. The van der Waals surface area contributed by atoms with Gasteiger partial charge in [-0.25, -0.2) is 9.37 Å². The molecule has 2 aliphatic carbocycles. The number of pyridine rings is 3. The first kappa shape index (κ1) is 23.2. The smallest absolute Gasteiger partial charge is 0.123 e. The van der Waals surface area contributed by atoms with E-state index < -0.39 is 5.41 Å². The lowest BCUT2D eigenvalue weighted by atomic mass is 9.71. The van der Waals surface area contributed by atoms with Crippen LogP contribution in [0.3, 0.4) is 0 Å². The molecular formula is C38H22FN3. The summed E-state index contributed by atoms with van der Waals surface area (Å²) in [4.78, 5) is 14.8. The standard InChI is InChI=1S/C38H22FN3/c39-25-16-13-23(14-17-25)29-22-35(42-34-12-4-2-8-28(29)34)24-15-18-27-26-7-1-3-9-30(26)38(33(27)21-24)31-10-5-19-40-36(31)37-32(38)11-6-20-41-37/h1-22H. The Hall–Kier alpha value is -5.48. The van der Waals surface area contributed by atoms with Crippen molar-refractivity contribution in [1.29, 1.82) is 0 Å². The molecule has 42 heavy (non-hydrogen) atoms. The van der Waals surface area contributed by atoms with Gasteiger partial charge in [0.25, 0.3) is 0 Å². The van der Waals surface area contributed by atoms with E-state index in [1.807, 2.05) is 54.9 Å². The van der Waals surface area contributed by atoms with E-state index in [2.05, 4.69) is 66.7 Å². The van der Waals surface area contributed by atoms with Crippen LogP contribution in [0.4, 0.5) is 4.39 Å². The summed E-state index contributed by atoms with van der Waals surface area (Å²) in [5.41, 5.74) is 13.3. The molecule has 4 aromatic carbocycles. The molecule has 0 amide bonds. The van der Waals surface area contributed by atoms with Gasteiger partial charge in [0.2, 0.25) is 0 Å². The molecule has 3 aromatic heterocycles. The lowest BCUT2D eigenvalue weighted by Crippen LogP contribution is -2.26. The van der Waals surface area contributed by atoms with Crippen LogP contribution in [-0.2, 0) is 5.41 Å². The van der Waals surface area contributed by atoms with Crippen molar-refractivity contribution in [2.75, 3.05) is 0 Å². The zero-order chi connectivity index (χ0) is 27.8. The maximum atomic E-state index is 13.8. The van der Waals surface area contributed by atoms with Crippen LogP contribution in [0.1, 0.15) is 22.3 Å². The number of para-hydroxylation sites is 1. The molecule has 9 rings (SSSR count). The third-order valence-corrected chi connectivity index (χ3v) is 8.86. The molecule has 0 saturated heterocycles. The predicted molar refractivity (Wildman–Crippen MR) is 164 cm³/mol. The summed E-state index contributed by atoms with van der Waals surface area (Å²) in [5, 5.41) is 1.04. The van der Waals surface area contributed by atoms with Gasteiger partial charge in [-0.2, -0.15) is 0 Å². The summed E-state index contributed by atoms with van der Waals surface area (Å²) in [6, 6.07) is 40.8. The second-order valence-electron chi connectivity index (χ2n) is 10.9. The molecular weight excluding hydrogens is 517 g/mol. The van der Waals surface area contributed by atoms with Gasteiger partial charge in [0.05, 0.1) is 28.0 Å². The van der Waals surface area contributed by atoms with Crippen molar-refractivity contribution in [3.05, 3.63) is 162 Å². The van der Waals surface area contributed by atoms with Crippen LogP contribution >= 0.6 is 0 Å². The molecule has 0 aliphatic heterocycles. The van der Waals surface area contributed by atoms with Gasteiger partial charge in [-0.05, 0) is 87.0 Å². The van der Waals surface area contributed by atoms with E-state index in [1.54, 1.807) is 0 Å². The first-order chi connectivity index (χ1) is 20.7. The van der Waals surface area contributed by atoms with E-state index in [4.69, 9.17) is 15.0 Å². The van der Waals surface area contributed by atoms with Crippen molar-refractivity contribution in [3.8, 4) is 44.9 Å². The minimum Gasteiger partial charge on any atom is -0.254 e. The van der Waals surface area contributed by atoms with Gasteiger partial charge >= 0.3 is 0 Å². The zero-order valence-corrected chi connectivity index (χ0v) is 22.4. The zero-order valence-electron chi connectivity index (χ0n) is 22.4. The fourth-order valence-electron chi connectivity index (χ4n) is 7.15. The summed E-state index contributed by atoms with van der Waals surface area (Å²) in [6.07, 6.45) is 3.70. The average molecular weight is 540 g/mol. The second kappa shape index (κ2) is 8.51. The Labute approximate surface area is 242 Å². The number of nitrogens with zero attached hydrogens (tertiary/aromatic N) is 3. The molecule has 0 bridgehead atoms. The van der Waals surface area contributed by atoms with Crippen LogP contribution < -0.4 is 0 Å². The van der Waals surface area contributed by atoms with Crippen molar-refractivity contribution in [2.45, 2.75) is 5.41 Å². The van der Waals surface area contributed by atoms with E-state index in [0.717, 1.165) is 55.8 Å². The average Bonchev–Trinajstić information content (AvgIpc) is 3.52. The van der Waals surface area contributed by atoms with Gasteiger partial charge in [0.1, 0.15) is 5.82 Å². The van der Waals surface area contributed by atoms with Crippen molar-refractivity contribution < 1.29 is 4.39 Å². The Kier molecular flexibility index (Phi) is 4.71. The molecule has 1 spiro atoms. The molecule has 7 aromatic rings. The van der Waals surface area contributed by atoms with Crippen LogP contribution in [0.25, 0.3) is 55.8 Å². The van der Waals surface area contributed by atoms with E-state index in [1.165, 1.54) is 34.4 Å². The quantitative estimate of drug-likeness (QED) is 0.220. The molecule has 0 atom stereocenters. The summed E-state index contributed by atoms with van der Waals surface area (Å²) in [6.45, 7) is 0. The number of aromatic nitrogens is 3. The van der Waals surface area contributed by atoms with Gasteiger partial charge in [-0.15, -0.1) is 0 Å². The van der Waals surface area contributed by atoms with Crippen LogP contribution in [-0.4, -0.2) is 15.0 Å². The lowest BCUT2D eigenvalue weighted by Gasteiger charge is -2.30. The lowest BCUT2D eigenvalue weighted by molar-refractivity contribution is 0.628. The Balaban J connectivity index is 1.34. The molecule has 4 heteroatoms.